The summed E-state index contributed by atoms with van der Waals surface area (Å²) in [5, 5.41) is 9.16. The third-order valence-electron chi connectivity index (χ3n) is 3.01. The van der Waals surface area contributed by atoms with E-state index in [0.29, 0.717) is 10.8 Å². The normalized spacial score (nSPS) is 22.3. The Kier molecular flexibility index (Phi) is 4.38. The summed E-state index contributed by atoms with van der Waals surface area (Å²) in [6.45, 7) is 4.24. The smallest absolute Gasteiger partial charge is 0.252 e. The monoisotopic (exact) mass is 307 g/mol. The molecule has 2 rings (SSSR count). The van der Waals surface area contributed by atoms with Crippen molar-refractivity contribution < 1.29 is 13.5 Å². The lowest BCUT2D eigenvalue weighted by molar-refractivity contribution is 0.285. The third kappa shape index (κ3) is 2.60. The summed E-state index contributed by atoms with van der Waals surface area (Å²) in [6.07, 6.45) is 0. The van der Waals surface area contributed by atoms with Crippen LogP contribution in [0.15, 0.2) is 10.3 Å². The first-order valence-electron chi connectivity index (χ1n) is 5.76. The number of aliphatic hydroxyl groups is 1. The van der Waals surface area contributed by atoms with Crippen LogP contribution in [-0.2, 0) is 16.6 Å². The van der Waals surface area contributed by atoms with Crippen LogP contribution in [0.1, 0.15) is 17.4 Å². The van der Waals surface area contributed by atoms with Gasteiger partial charge < -0.3 is 5.11 Å². The minimum absolute atomic E-state index is 0.0359. The van der Waals surface area contributed by atoms with Gasteiger partial charge in [-0.2, -0.15) is 16.1 Å². The Labute approximate surface area is 116 Å². The summed E-state index contributed by atoms with van der Waals surface area (Å²) in [7, 11) is -3.40. The van der Waals surface area contributed by atoms with Gasteiger partial charge in [0.25, 0.3) is 10.0 Å². The van der Waals surface area contributed by atoms with Crippen LogP contribution in [0.5, 0.6) is 0 Å². The van der Waals surface area contributed by atoms with Crippen LogP contribution in [-0.4, -0.2) is 41.9 Å². The van der Waals surface area contributed by atoms with Gasteiger partial charge >= 0.3 is 0 Å². The maximum absolute atomic E-state index is 12.5. The van der Waals surface area contributed by atoms with Crippen molar-refractivity contribution in [2.75, 3.05) is 18.1 Å². The van der Waals surface area contributed by atoms with Crippen molar-refractivity contribution in [1.29, 1.82) is 0 Å². The second kappa shape index (κ2) is 5.50. The molecule has 1 aromatic rings. The summed E-state index contributed by atoms with van der Waals surface area (Å²) in [5.74, 6) is 1.69. The van der Waals surface area contributed by atoms with E-state index in [2.05, 4.69) is 0 Å². The molecule has 0 aliphatic carbocycles. The average molecular weight is 307 g/mol. The Morgan fingerprint density at radius 2 is 2.28 bits per heavy atom. The highest BCUT2D eigenvalue weighted by Gasteiger charge is 2.32. The number of hydrogen-bond acceptors (Lipinski definition) is 5. The third-order valence-corrected chi connectivity index (χ3v) is 7.89. The first-order valence-corrected chi connectivity index (χ1v) is 9.17. The van der Waals surface area contributed by atoms with E-state index in [1.165, 1.54) is 11.3 Å². The fourth-order valence-corrected chi connectivity index (χ4v) is 6.39. The standard InChI is InChI=1S/C11H17NO3S3/c1-8-5-11(17-10(8)6-13)18(14,15)12-3-4-16-7-9(12)2/h5,9,13H,3-4,6-7H2,1-2H3. The second-order valence-electron chi connectivity index (χ2n) is 4.37. The molecule has 2 heterocycles. The number of sulfonamides is 1. The molecule has 1 saturated heterocycles. The Balaban J connectivity index is 2.34. The largest absolute Gasteiger partial charge is 0.391 e. The molecule has 1 aliphatic heterocycles. The van der Waals surface area contributed by atoms with Crippen molar-refractivity contribution in [2.45, 2.75) is 30.7 Å². The van der Waals surface area contributed by atoms with E-state index in [1.807, 2.05) is 13.8 Å². The van der Waals surface area contributed by atoms with E-state index < -0.39 is 10.0 Å². The van der Waals surface area contributed by atoms with Gasteiger partial charge in [0, 0.05) is 29.0 Å². The number of thiophene rings is 1. The van der Waals surface area contributed by atoms with Crippen LogP contribution < -0.4 is 0 Å². The van der Waals surface area contributed by atoms with Gasteiger partial charge in [-0.25, -0.2) is 8.42 Å². The molecule has 0 radical (unpaired) electrons. The molecule has 7 heteroatoms. The summed E-state index contributed by atoms with van der Waals surface area (Å²) >= 11 is 2.96. The summed E-state index contributed by atoms with van der Waals surface area (Å²) in [6, 6.07) is 1.70. The molecular weight excluding hydrogens is 290 g/mol. The van der Waals surface area contributed by atoms with Gasteiger partial charge in [-0.3, -0.25) is 0 Å². The summed E-state index contributed by atoms with van der Waals surface area (Å²) in [5.41, 5.74) is 0.847. The summed E-state index contributed by atoms with van der Waals surface area (Å²) in [4.78, 5) is 0.729. The Morgan fingerprint density at radius 1 is 1.56 bits per heavy atom. The van der Waals surface area contributed by atoms with E-state index in [0.717, 1.165) is 21.9 Å². The van der Waals surface area contributed by atoms with Crippen molar-refractivity contribution in [2.24, 2.45) is 0 Å². The number of thioether (sulfide) groups is 1. The molecule has 1 unspecified atom stereocenters. The predicted octanol–water partition coefficient (Wildman–Crippen LogP) is 1.67. The van der Waals surface area contributed by atoms with E-state index in [9.17, 15) is 8.42 Å². The van der Waals surface area contributed by atoms with E-state index in [1.54, 1.807) is 22.1 Å². The zero-order valence-electron chi connectivity index (χ0n) is 10.4. The minimum atomic E-state index is -3.40. The van der Waals surface area contributed by atoms with Gasteiger partial charge in [-0.15, -0.1) is 11.3 Å². The molecule has 0 spiro atoms. The van der Waals surface area contributed by atoms with Crippen molar-refractivity contribution in [3.63, 3.8) is 0 Å². The van der Waals surface area contributed by atoms with E-state index in [-0.39, 0.29) is 12.6 Å². The van der Waals surface area contributed by atoms with Crippen LogP contribution in [0.3, 0.4) is 0 Å². The fraction of sp³-hybridized carbons (Fsp3) is 0.636. The molecule has 1 aromatic heterocycles. The molecule has 1 atom stereocenters. The van der Waals surface area contributed by atoms with Gasteiger partial charge in [-0.1, -0.05) is 0 Å². The Hall–Kier alpha value is -0.0800. The SMILES string of the molecule is Cc1cc(S(=O)(=O)N2CCSCC2C)sc1CO. The number of nitrogens with zero attached hydrogens (tertiary/aromatic N) is 1. The van der Waals surface area contributed by atoms with Crippen LogP contribution in [0.25, 0.3) is 0 Å². The second-order valence-corrected chi connectivity index (χ2v) is 8.77. The average Bonchev–Trinajstić information content (AvgIpc) is 2.71. The molecule has 0 amide bonds. The summed E-state index contributed by atoms with van der Waals surface area (Å²) < 4.78 is 27.0. The highest BCUT2D eigenvalue weighted by molar-refractivity contribution is 7.99. The highest BCUT2D eigenvalue weighted by Crippen LogP contribution is 2.31. The topological polar surface area (TPSA) is 57.6 Å². The van der Waals surface area contributed by atoms with Crippen molar-refractivity contribution in [3.05, 3.63) is 16.5 Å². The molecule has 1 N–H and O–H groups in total. The zero-order valence-corrected chi connectivity index (χ0v) is 12.9. The lowest BCUT2D eigenvalue weighted by Gasteiger charge is -2.31. The van der Waals surface area contributed by atoms with Crippen LogP contribution in [0.2, 0.25) is 0 Å². The van der Waals surface area contributed by atoms with E-state index >= 15 is 0 Å². The van der Waals surface area contributed by atoms with Crippen molar-refractivity contribution >= 4 is 33.1 Å². The van der Waals surface area contributed by atoms with Gasteiger partial charge in [0.1, 0.15) is 4.21 Å². The number of aryl methyl sites for hydroxylation is 1. The Morgan fingerprint density at radius 3 is 2.83 bits per heavy atom. The highest BCUT2D eigenvalue weighted by atomic mass is 32.2. The molecule has 0 aromatic carbocycles. The van der Waals surface area contributed by atoms with Crippen molar-refractivity contribution in [1.82, 2.24) is 4.31 Å². The molecule has 1 fully saturated rings. The Bertz CT molecular complexity index is 524. The molecule has 18 heavy (non-hydrogen) atoms. The lowest BCUT2D eigenvalue weighted by atomic mass is 10.3. The van der Waals surface area contributed by atoms with Crippen LogP contribution >= 0.6 is 23.1 Å². The van der Waals surface area contributed by atoms with E-state index in [4.69, 9.17) is 5.11 Å². The fourth-order valence-electron chi connectivity index (χ4n) is 1.96. The zero-order chi connectivity index (χ0) is 13.3. The number of rotatable bonds is 3. The number of hydrogen-bond donors (Lipinski definition) is 1. The maximum atomic E-state index is 12.5. The predicted molar refractivity (Wildman–Crippen MR) is 75.7 cm³/mol. The van der Waals surface area contributed by atoms with Crippen LogP contribution in [0, 0.1) is 6.92 Å². The van der Waals surface area contributed by atoms with Gasteiger partial charge in [0.2, 0.25) is 0 Å². The first kappa shape index (κ1) is 14.3. The lowest BCUT2D eigenvalue weighted by Crippen LogP contribution is -2.44. The number of aliphatic hydroxyl groups excluding tert-OH is 1. The van der Waals surface area contributed by atoms with Crippen molar-refractivity contribution in [3.8, 4) is 0 Å². The molecule has 1 aliphatic rings. The molecule has 102 valence electrons. The van der Waals surface area contributed by atoms with Gasteiger partial charge in [-0.05, 0) is 25.5 Å². The van der Waals surface area contributed by atoms with Gasteiger partial charge in [0.05, 0.1) is 6.61 Å². The van der Waals surface area contributed by atoms with Crippen LogP contribution in [0.4, 0.5) is 0 Å². The van der Waals surface area contributed by atoms with Gasteiger partial charge in [0.15, 0.2) is 0 Å². The minimum Gasteiger partial charge on any atom is -0.391 e. The molecule has 0 bridgehead atoms. The molecule has 0 saturated carbocycles. The molecular formula is C11H17NO3S3. The molecule has 4 nitrogen and oxygen atoms in total. The quantitative estimate of drug-likeness (QED) is 0.923. The first-order chi connectivity index (χ1) is 8.46. The maximum Gasteiger partial charge on any atom is 0.252 e.